The van der Waals surface area contributed by atoms with Crippen LogP contribution in [0.1, 0.15) is 25.0 Å². The lowest BCUT2D eigenvalue weighted by atomic mass is 9.37. The van der Waals surface area contributed by atoms with Gasteiger partial charge in [-0.25, -0.2) is 4.98 Å². The summed E-state index contributed by atoms with van der Waals surface area (Å²) in [6, 6.07) is 55.0. The number of aromatic nitrogens is 2. The van der Waals surface area contributed by atoms with Crippen molar-refractivity contribution in [3.05, 3.63) is 193 Å². The van der Waals surface area contributed by atoms with Gasteiger partial charge in [0.15, 0.2) is 0 Å². The molecule has 4 heteroatoms. The molecule has 0 atom stereocenters. The maximum absolute atomic E-state index is 4.36. The van der Waals surface area contributed by atoms with Crippen LogP contribution in [0, 0.1) is 0 Å². The van der Waals surface area contributed by atoms with E-state index >= 15 is 0 Å². The Morgan fingerprint density at radius 3 is 1.40 bits per heavy atom. The molecule has 1 heterocycles. The number of hydrogen-bond donors (Lipinski definition) is 0. The van der Waals surface area contributed by atoms with Crippen molar-refractivity contribution in [3.8, 4) is 0 Å². The first-order valence-electron chi connectivity index (χ1n) is 15.1. The summed E-state index contributed by atoms with van der Waals surface area (Å²) >= 11 is 0. The maximum atomic E-state index is 4.36. The summed E-state index contributed by atoms with van der Waals surface area (Å²) in [5.41, 5.74) is 8.17. The average molecular weight is 575 g/mol. The lowest BCUT2D eigenvalue weighted by Gasteiger charge is -2.37. The van der Waals surface area contributed by atoms with E-state index in [1.807, 2.05) is 12.5 Å². The van der Waals surface area contributed by atoms with Crippen LogP contribution in [0.25, 0.3) is 0 Å². The predicted molar refractivity (Wildman–Crippen MR) is 188 cm³/mol. The summed E-state index contributed by atoms with van der Waals surface area (Å²) < 4.78 is 2.31. The number of nitrogens with zero attached hydrogens (tertiary/aromatic N) is 2. The highest BCUT2D eigenvalue weighted by molar-refractivity contribution is 6.95. The number of allylic oxidation sites excluding steroid dienone is 2. The molecule has 0 bridgehead atoms. The Morgan fingerprint density at radius 2 is 1.05 bits per heavy atom. The minimum Gasteiger partial charge on any atom is -0.327 e. The zero-order valence-corrected chi connectivity index (χ0v) is 26.5. The van der Waals surface area contributed by atoms with Gasteiger partial charge in [0.1, 0.15) is 0 Å². The molecule has 0 aliphatic heterocycles. The van der Waals surface area contributed by atoms with Crippen molar-refractivity contribution in [2.45, 2.75) is 25.1 Å². The van der Waals surface area contributed by atoms with Crippen LogP contribution in [0.3, 0.4) is 0 Å². The number of benzene rings is 5. The highest BCUT2D eigenvalue weighted by atomic mass is 28.2. The van der Waals surface area contributed by atoms with E-state index in [9.17, 15) is 0 Å². The lowest BCUT2D eigenvalue weighted by Crippen LogP contribution is -2.51. The second-order valence-corrected chi connectivity index (χ2v) is 12.9. The molecule has 0 radical (unpaired) electrons. The third-order valence-electron chi connectivity index (χ3n) is 8.22. The molecule has 0 unspecified atom stereocenters. The molecule has 0 saturated heterocycles. The molecule has 2 nitrogen and oxygen atoms in total. The highest BCUT2D eigenvalue weighted by Crippen LogP contribution is 2.34. The Bertz CT molecular complexity index is 1520. The largest absolute Gasteiger partial charge is 0.327 e. The van der Waals surface area contributed by atoms with Gasteiger partial charge in [-0.05, 0) is 31.0 Å². The molecule has 6 rings (SSSR count). The van der Waals surface area contributed by atoms with Gasteiger partial charge in [0, 0.05) is 12.4 Å². The van der Waals surface area contributed by atoms with Gasteiger partial charge in [-0.2, -0.15) is 0 Å². The molecule has 0 saturated carbocycles. The van der Waals surface area contributed by atoms with Gasteiger partial charge in [0.25, 0.3) is 0 Å². The van der Waals surface area contributed by atoms with Crippen LogP contribution in [0.4, 0.5) is 0 Å². The van der Waals surface area contributed by atoms with Gasteiger partial charge >= 0.3 is 0 Å². The third kappa shape index (κ3) is 7.22. The van der Waals surface area contributed by atoms with E-state index in [4.69, 9.17) is 0 Å². The van der Waals surface area contributed by atoms with Crippen LogP contribution < -0.4 is 16.4 Å². The van der Waals surface area contributed by atoms with Crippen LogP contribution in [0.5, 0.6) is 0 Å². The molecule has 0 fully saturated rings. The van der Waals surface area contributed by atoms with Crippen molar-refractivity contribution in [3.63, 3.8) is 0 Å². The first kappa shape index (κ1) is 29.8. The second kappa shape index (κ2) is 15.0. The van der Waals surface area contributed by atoms with Crippen molar-refractivity contribution in [1.29, 1.82) is 0 Å². The summed E-state index contributed by atoms with van der Waals surface area (Å²) in [4.78, 5) is 4.36. The quantitative estimate of drug-likeness (QED) is 0.145. The predicted octanol–water partition coefficient (Wildman–Crippen LogP) is 6.39. The van der Waals surface area contributed by atoms with Crippen LogP contribution in [0.2, 0.25) is 6.04 Å². The molecule has 43 heavy (non-hydrogen) atoms. The Kier molecular flexibility index (Phi) is 10.4. The number of imidazole rings is 1. The minimum atomic E-state index is -0.551. The monoisotopic (exact) mass is 574 g/mol. The van der Waals surface area contributed by atoms with Gasteiger partial charge in [0.05, 0.1) is 21.0 Å². The van der Waals surface area contributed by atoms with Gasteiger partial charge in [-0.3, -0.25) is 0 Å². The van der Waals surface area contributed by atoms with Crippen molar-refractivity contribution in [2.75, 3.05) is 0 Å². The molecule has 6 aromatic rings. The Hall–Kier alpha value is -4.67. The third-order valence-corrected chi connectivity index (χ3v) is 11.2. The molecule has 0 amide bonds. The van der Waals surface area contributed by atoms with E-state index in [1.54, 1.807) is 0 Å². The van der Waals surface area contributed by atoms with E-state index in [-0.39, 0.29) is 5.16 Å². The highest BCUT2D eigenvalue weighted by Gasteiger charge is 2.35. The van der Waals surface area contributed by atoms with E-state index < -0.39 is 9.52 Å². The fourth-order valence-electron chi connectivity index (χ4n) is 5.83. The molecule has 0 N–H and O–H groups in total. The molecular formula is C39H39BN2Si. The standard InChI is InChI=1S/C21H24N2Si.C18H15B/c1-3-18(2)16-24-21(23-15-14-22-17-23,19-10-6-4-7-11-19)20-12-8-5-9-13-20;1-4-10-16(11-5-1)19(17-12-6-2-7-13-17)18-14-8-3-9-15-18/h3-15,17H,16,24H2,1-2H3;1-15H. The van der Waals surface area contributed by atoms with Gasteiger partial charge in [0.2, 0.25) is 6.71 Å². The summed E-state index contributed by atoms with van der Waals surface area (Å²) in [5, 5.41) is -0.108. The summed E-state index contributed by atoms with van der Waals surface area (Å²) in [5.74, 6) is 0. The molecule has 0 aliphatic rings. The van der Waals surface area contributed by atoms with E-state index in [0.717, 1.165) is 0 Å². The van der Waals surface area contributed by atoms with Crippen molar-refractivity contribution in [2.24, 2.45) is 0 Å². The zero-order valence-electron chi connectivity index (χ0n) is 25.1. The summed E-state index contributed by atoms with van der Waals surface area (Å²) in [6.45, 7) is 4.68. The Balaban J connectivity index is 0.000000176. The van der Waals surface area contributed by atoms with Gasteiger partial charge in [-0.15, -0.1) is 0 Å². The van der Waals surface area contributed by atoms with Crippen LogP contribution in [-0.4, -0.2) is 25.8 Å². The molecule has 5 aromatic carbocycles. The first-order chi connectivity index (χ1) is 21.2. The van der Waals surface area contributed by atoms with Crippen LogP contribution in [-0.2, 0) is 5.16 Å². The Morgan fingerprint density at radius 1 is 0.651 bits per heavy atom. The average Bonchev–Trinajstić information content (AvgIpc) is 3.64. The zero-order chi connectivity index (χ0) is 29.7. The van der Waals surface area contributed by atoms with E-state index in [2.05, 4.69) is 187 Å². The number of hydrogen-bond acceptors (Lipinski definition) is 1. The van der Waals surface area contributed by atoms with E-state index in [0.29, 0.717) is 6.71 Å². The molecule has 1 aromatic heterocycles. The molecule has 212 valence electrons. The fraction of sp³-hybridized carbons (Fsp3) is 0.103. The lowest BCUT2D eigenvalue weighted by molar-refractivity contribution is 0.592. The normalized spacial score (nSPS) is 11.6. The minimum absolute atomic E-state index is 0.108. The second-order valence-electron chi connectivity index (χ2n) is 10.9. The SMILES string of the molecule is CC=C(C)C[SiH2]C(c1ccccc1)(c1ccccc1)n1ccnc1.c1ccc(B(c2ccccc2)c2ccccc2)cc1. The smallest absolute Gasteiger partial charge is 0.241 e. The summed E-state index contributed by atoms with van der Waals surface area (Å²) in [7, 11) is -0.551. The molecule has 0 spiro atoms. The van der Waals surface area contributed by atoms with Crippen molar-refractivity contribution < 1.29 is 0 Å². The summed E-state index contributed by atoms with van der Waals surface area (Å²) in [6.07, 6.45) is 8.20. The van der Waals surface area contributed by atoms with Crippen molar-refractivity contribution in [1.82, 2.24) is 9.55 Å². The molecular weight excluding hydrogens is 535 g/mol. The topological polar surface area (TPSA) is 17.8 Å². The van der Waals surface area contributed by atoms with Gasteiger partial charge in [-0.1, -0.05) is 180 Å². The number of rotatable bonds is 9. The van der Waals surface area contributed by atoms with Crippen LogP contribution in [0.15, 0.2) is 182 Å². The van der Waals surface area contributed by atoms with E-state index in [1.165, 1.54) is 39.1 Å². The van der Waals surface area contributed by atoms with Gasteiger partial charge < -0.3 is 4.57 Å². The van der Waals surface area contributed by atoms with Crippen molar-refractivity contribution >= 4 is 32.6 Å². The Labute approximate surface area is 259 Å². The van der Waals surface area contributed by atoms with Crippen LogP contribution >= 0.6 is 0 Å². The first-order valence-corrected chi connectivity index (χ1v) is 16.8. The fourth-order valence-corrected chi connectivity index (χ4v) is 8.37. The molecule has 0 aliphatic carbocycles. The maximum Gasteiger partial charge on any atom is 0.241 e.